The molecule has 1 aliphatic heterocycles. The molecule has 0 aliphatic carbocycles. The summed E-state index contributed by atoms with van der Waals surface area (Å²) in [6.07, 6.45) is 4.81. The Kier molecular flexibility index (Phi) is 6.04. The zero-order valence-electron chi connectivity index (χ0n) is 17.5. The van der Waals surface area contributed by atoms with Crippen molar-refractivity contribution in [2.75, 3.05) is 18.4 Å². The van der Waals surface area contributed by atoms with Crippen molar-refractivity contribution < 1.29 is 9.59 Å². The molecule has 1 unspecified atom stereocenters. The first kappa shape index (κ1) is 21.1. The lowest BCUT2D eigenvalue weighted by atomic mass is 9.96. The molecule has 1 aromatic carbocycles. The molecule has 2 aromatic heterocycles. The summed E-state index contributed by atoms with van der Waals surface area (Å²) < 4.78 is 1.70. The first-order valence-electron chi connectivity index (χ1n) is 10.3. The zero-order chi connectivity index (χ0) is 22.0. The smallest absolute Gasteiger partial charge is 0.257 e. The van der Waals surface area contributed by atoms with Crippen LogP contribution in [0.3, 0.4) is 0 Å². The summed E-state index contributed by atoms with van der Waals surface area (Å²) in [6.45, 7) is 4.80. The number of carbonyl (C=O) groups excluding carboxylic acids is 2. The van der Waals surface area contributed by atoms with E-state index in [0.717, 1.165) is 29.8 Å². The molecule has 1 atom stereocenters. The van der Waals surface area contributed by atoms with Gasteiger partial charge in [0.25, 0.3) is 5.91 Å². The Labute approximate surface area is 186 Å². The van der Waals surface area contributed by atoms with Crippen LogP contribution in [0.15, 0.2) is 48.8 Å². The van der Waals surface area contributed by atoms with Gasteiger partial charge >= 0.3 is 0 Å². The van der Waals surface area contributed by atoms with Crippen molar-refractivity contribution in [2.45, 2.75) is 26.7 Å². The summed E-state index contributed by atoms with van der Waals surface area (Å²) in [6, 6.07) is 11.0. The Hall–Kier alpha value is -3.19. The van der Waals surface area contributed by atoms with Crippen molar-refractivity contribution in [3.63, 3.8) is 0 Å². The lowest BCUT2D eigenvalue weighted by molar-refractivity contribution is -0.121. The van der Waals surface area contributed by atoms with E-state index in [9.17, 15) is 9.59 Å². The van der Waals surface area contributed by atoms with Crippen LogP contribution in [-0.4, -0.2) is 44.6 Å². The predicted molar refractivity (Wildman–Crippen MR) is 120 cm³/mol. The molecule has 1 fully saturated rings. The van der Waals surface area contributed by atoms with Crippen molar-refractivity contribution in [1.82, 2.24) is 19.7 Å². The summed E-state index contributed by atoms with van der Waals surface area (Å²) in [5, 5.41) is 7.85. The standard InChI is InChI=1S/C23H24ClN5O2/c1-15-8-9-21(25-12-15)27-22(30)17-5-4-10-28(14-17)23(31)20-13-26-29(16(20)2)19-7-3-6-18(24)11-19/h3,6-9,11-13,17H,4-5,10,14H2,1-2H3,(H,25,27,30). The number of pyridine rings is 1. The van der Waals surface area contributed by atoms with Crippen LogP contribution in [0.4, 0.5) is 5.82 Å². The maximum absolute atomic E-state index is 13.2. The Morgan fingerprint density at radius 1 is 1.16 bits per heavy atom. The molecule has 0 spiro atoms. The summed E-state index contributed by atoms with van der Waals surface area (Å²) in [7, 11) is 0. The molecule has 7 nitrogen and oxygen atoms in total. The topological polar surface area (TPSA) is 80.1 Å². The third-order valence-electron chi connectivity index (χ3n) is 5.54. The zero-order valence-corrected chi connectivity index (χ0v) is 18.3. The monoisotopic (exact) mass is 437 g/mol. The highest BCUT2D eigenvalue weighted by atomic mass is 35.5. The Morgan fingerprint density at radius 2 is 2.00 bits per heavy atom. The van der Waals surface area contributed by atoms with E-state index in [0.29, 0.717) is 29.5 Å². The normalized spacial score (nSPS) is 16.2. The number of piperidine rings is 1. The second-order valence-corrected chi connectivity index (χ2v) is 8.27. The fourth-order valence-corrected chi connectivity index (χ4v) is 3.99. The second-order valence-electron chi connectivity index (χ2n) is 7.84. The molecular weight excluding hydrogens is 414 g/mol. The van der Waals surface area contributed by atoms with Crippen molar-refractivity contribution in [3.05, 3.63) is 70.6 Å². The number of aryl methyl sites for hydroxylation is 1. The van der Waals surface area contributed by atoms with E-state index in [1.165, 1.54) is 0 Å². The number of nitrogens with one attached hydrogen (secondary N) is 1. The summed E-state index contributed by atoms with van der Waals surface area (Å²) in [5.74, 6) is 0.0266. The Balaban J connectivity index is 1.46. The van der Waals surface area contributed by atoms with Crippen LogP contribution in [0.2, 0.25) is 5.02 Å². The molecule has 160 valence electrons. The van der Waals surface area contributed by atoms with Gasteiger partial charge in [-0.2, -0.15) is 5.10 Å². The highest BCUT2D eigenvalue weighted by Gasteiger charge is 2.30. The SMILES string of the molecule is Cc1ccc(NC(=O)C2CCCN(C(=O)c3cnn(-c4cccc(Cl)c4)c3C)C2)nc1. The number of hydrogen-bond donors (Lipinski definition) is 1. The number of benzene rings is 1. The van der Waals surface area contributed by atoms with Crippen molar-refractivity contribution >= 4 is 29.2 Å². The molecule has 8 heteroatoms. The number of halogens is 1. The highest BCUT2D eigenvalue weighted by molar-refractivity contribution is 6.30. The van der Waals surface area contributed by atoms with Gasteiger partial charge < -0.3 is 10.2 Å². The first-order valence-corrected chi connectivity index (χ1v) is 10.6. The molecule has 0 saturated carbocycles. The van der Waals surface area contributed by atoms with Gasteiger partial charge in [0.2, 0.25) is 5.91 Å². The van der Waals surface area contributed by atoms with Crippen LogP contribution in [0.5, 0.6) is 0 Å². The van der Waals surface area contributed by atoms with E-state index in [1.54, 1.807) is 40.2 Å². The van der Waals surface area contributed by atoms with E-state index in [1.807, 2.05) is 32.0 Å². The van der Waals surface area contributed by atoms with Crippen LogP contribution in [0.1, 0.15) is 34.5 Å². The van der Waals surface area contributed by atoms with Crippen LogP contribution < -0.4 is 5.32 Å². The van der Waals surface area contributed by atoms with E-state index in [2.05, 4.69) is 15.4 Å². The molecule has 1 aliphatic rings. The molecule has 4 rings (SSSR count). The fraction of sp³-hybridized carbons (Fsp3) is 0.304. The van der Waals surface area contributed by atoms with Crippen LogP contribution in [-0.2, 0) is 4.79 Å². The van der Waals surface area contributed by atoms with Gasteiger partial charge in [0, 0.05) is 24.3 Å². The molecule has 3 heterocycles. The summed E-state index contributed by atoms with van der Waals surface area (Å²) >= 11 is 6.09. The predicted octanol–water partition coefficient (Wildman–Crippen LogP) is 4.03. The maximum Gasteiger partial charge on any atom is 0.257 e. The minimum Gasteiger partial charge on any atom is -0.338 e. The van der Waals surface area contributed by atoms with Gasteiger partial charge in [-0.15, -0.1) is 0 Å². The number of likely N-dealkylation sites (tertiary alicyclic amines) is 1. The summed E-state index contributed by atoms with van der Waals surface area (Å²) in [5.41, 5.74) is 3.09. The van der Waals surface area contributed by atoms with Gasteiger partial charge in [-0.1, -0.05) is 23.7 Å². The minimum atomic E-state index is -0.274. The molecule has 31 heavy (non-hydrogen) atoms. The molecule has 3 aromatic rings. The Morgan fingerprint density at radius 3 is 2.74 bits per heavy atom. The van der Waals surface area contributed by atoms with Crippen LogP contribution >= 0.6 is 11.6 Å². The average molecular weight is 438 g/mol. The van der Waals surface area contributed by atoms with Crippen LogP contribution in [0, 0.1) is 19.8 Å². The van der Waals surface area contributed by atoms with E-state index in [4.69, 9.17) is 11.6 Å². The minimum absolute atomic E-state index is 0.111. The number of hydrogen-bond acceptors (Lipinski definition) is 4. The number of amides is 2. The van der Waals surface area contributed by atoms with E-state index in [-0.39, 0.29) is 17.7 Å². The number of rotatable bonds is 4. The number of carbonyl (C=O) groups is 2. The Bertz CT molecular complexity index is 1110. The molecule has 2 amide bonds. The van der Waals surface area contributed by atoms with Gasteiger partial charge in [0.05, 0.1) is 29.1 Å². The fourth-order valence-electron chi connectivity index (χ4n) is 3.80. The van der Waals surface area contributed by atoms with Crippen molar-refractivity contribution in [3.8, 4) is 5.69 Å². The van der Waals surface area contributed by atoms with Crippen molar-refractivity contribution in [2.24, 2.45) is 5.92 Å². The largest absolute Gasteiger partial charge is 0.338 e. The van der Waals surface area contributed by atoms with Gasteiger partial charge in [-0.3, -0.25) is 9.59 Å². The number of nitrogens with zero attached hydrogens (tertiary/aromatic N) is 4. The molecule has 0 radical (unpaired) electrons. The van der Waals surface area contributed by atoms with Crippen LogP contribution in [0.25, 0.3) is 5.69 Å². The number of anilines is 1. The number of aromatic nitrogens is 3. The quantitative estimate of drug-likeness (QED) is 0.668. The lowest BCUT2D eigenvalue weighted by Crippen LogP contribution is -2.44. The third kappa shape index (κ3) is 4.61. The molecule has 1 N–H and O–H groups in total. The highest BCUT2D eigenvalue weighted by Crippen LogP contribution is 2.23. The van der Waals surface area contributed by atoms with Gasteiger partial charge in [0.15, 0.2) is 0 Å². The van der Waals surface area contributed by atoms with Gasteiger partial charge in [0.1, 0.15) is 5.82 Å². The summed E-state index contributed by atoms with van der Waals surface area (Å²) in [4.78, 5) is 31.9. The molecular formula is C23H24ClN5O2. The maximum atomic E-state index is 13.2. The molecule has 1 saturated heterocycles. The first-order chi connectivity index (χ1) is 14.9. The second kappa shape index (κ2) is 8.89. The van der Waals surface area contributed by atoms with Gasteiger partial charge in [-0.25, -0.2) is 9.67 Å². The third-order valence-corrected chi connectivity index (χ3v) is 5.77. The van der Waals surface area contributed by atoms with Gasteiger partial charge in [-0.05, 0) is 56.5 Å². The average Bonchev–Trinajstić information content (AvgIpc) is 3.16. The van der Waals surface area contributed by atoms with E-state index < -0.39 is 0 Å². The van der Waals surface area contributed by atoms with Crippen molar-refractivity contribution in [1.29, 1.82) is 0 Å². The lowest BCUT2D eigenvalue weighted by Gasteiger charge is -2.32. The van der Waals surface area contributed by atoms with E-state index >= 15 is 0 Å². The molecule has 0 bridgehead atoms.